The molecule has 7 heteroatoms. The van der Waals surface area contributed by atoms with Gasteiger partial charge in [-0.05, 0) is 36.1 Å². The molecular weight excluding hydrogens is 334 g/mol. The van der Waals surface area contributed by atoms with E-state index in [0.717, 1.165) is 18.1 Å². The van der Waals surface area contributed by atoms with Crippen molar-refractivity contribution in [1.29, 1.82) is 0 Å². The van der Waals surface area contributed by atoms with Crippen LogP contribution in [0.5, 0.6) is 5.75 Å². The number of hydrogen-bond donors (Lipinski definition) is 0. The van der Waals surface area contributed by atoms with Crippen molar-refractivity contribution in [3.8, 4) is 16.9 Å². The highest BCUT2D eigenvalue weighted by Crippen LogP contribution is 2.44. The molecule has 24 heavy (non-hydrogen) atoms. The number of aryl methyl sites for hydroxylation is 1. The van der Waals surface area contributed by atoms with Crippen molar-refractivity contribution < 1.29 is 31.1 Å². The van der Waals surface area contributed by atoms with E-state index in [1.165, 1.54) is 6.07 Å². The fourth-order valence-electron chi connectivity index (χ4n) is 2.79. The summed E-state index contributed by atoms with van der Waals surface area (Å²) in [5.41, 5.74) is -2.04. The molecule has 2 aromatic rings. The van der Waals surface area contributed by atoms with Crippen molar-refractivity contribution in [2.45, 2.75) is 25.2 Å². The highest BCUT2D eigenvalue weighted by atomic mass is 19.4. The maximum atomic E-state index is 13.3. The Bertz CT molecular complexity index is 761. The lowest BCUT2D eigenvalue weighted by Crippen LogP contribution is -2.13. The molecule has 1 aliphatic rings. The number of fused-ring (bicyclic) bond motifs is 1. The SMILES string of the molecule is FC(F)(F)c1ccc(-c2cccc3c2OCCC3)c(C(F)(F)F)c1. The number of ether oxygens (including phenoxy) is 1. The molecule has 0 spiro atoms. The Labute approximate surface area is 133 Å². The fourth-order valence-corrected chi connectivity index (χ4v) is 2.79. The van der Waals surface area contributed by atoms with Crippen LogP contribution in [0.25, 0.3) is 11.1 Å². The first-order chi connectivity index (χ1) is 11.2. The molecule has 0 radical (unpaired) electrons. The van der Waals surface area contributed by atoms with Crippen LogP contribution in [0, 0.1) is 0 Å². The van der Waals surface area contributed by atoms with Crippen LogP contribution in [-0.4, -0.2) is 6.61 Å². The molecule has 128 valence electrons. The predicted octanol–water partition coefficient (Wildman–Crippen LogP) is 5.72. The van der Waals surface area contributed by atoms with Gasteiger partial charge in [-0.3, -0.25) is 0 Å². The van der Waals surface area contributed by atoms with Crippen molar-refractivity contribution in [1.82, 2.24) is 0 Å². The normalized spacial score (nSPS) is 14.9. The van der Waals surface area contributed by atoms with E-state index in [-0.39, 0.29) is 17.2 Å². The molecule has 0 bridgehead atoms. The molecule has 0 amide bonds. The van der Waals surface area contributed by atoms with E-state index in [2.05, 4.69) is 0 Å². The van der Waals surface area contributed by atoms with Crippen molar-refractivity contribution >= 4 is 0 Å². The number of hydrogen-bond acceptors (Lipinski definition) is 1. The first kappa shape index (κ1) is 16.7. The van der Waals surface area contributed by atoms with Gasteiger partial charge in [-0.2, -0.15) is 26.3 Å². The van der Waals surface area contributed by atoms with E-state index >= 15 is 0 Å². The number of para-hydroxylation sites is 1. The van der Waals surface area contributed by atoms with Crippen molar-refractivity contribution in [2.75, 3.05) is 6.61 Å². The van der Waals surface area contributed by atoms with Crippen molar-refractivity contribution in [3.05, 3.63) is 53.1 Å². The van der Waals surface area contributed by atoms with Gasteiger partial charge >= 0.3 is 12.4 Å². The average Bonchev–Trinajstić information content (AvgIpc) is 2.52. The summed E-state index contributed by atoms with van der Waals surface area (Å²) >= 11 is 0. The quantitative estimate of drug-likeness (QED) is 0.601. The second-order valence-electron chi connectivity index (χ2n) is 5.50. The zero-order chi connectivity index (χ0) is 17.5. The van der Waals surface area contributed by atoms with Crippen LogP contribution in [0.4, 0.5) is 26.3 Å². The second-order valence-corrected chi connectivity index (χ2v) is 5.50. The van der Waals surface area contributed by atoms with Crippen LogP contribution in [0.2, 0.25) is 0 Å². The Morgan fingerprint density at radius 1 is 0.833 bits per heavy atom. The number of halogens is 6. The summed E-state index contributed by atoms with van der Waals surface area (Å²) in [4.78, 5) is 0. The third-order valence-corrected chi connectivity index (χ3v) is 3.88. The average molecular weight is 346 g/mol. The Kier molecular flexibility index (Phi) is 3.97. The Morgan fingerprint density at radius 2 is 1.58 bits per heavy atom. The second kappa shape index (κ2) is 5.72. The van der Waals surface area contributed by atoms with Gasteiger partial charge in [-0.1, -0.05) is 24.3 Å². The van der Waals surface area contributed by atoms with Gasteiger partial charge in [0.2, 0.25) is 0 Å². The molecule has 0 fully saturated rings. The minimum absolute atomic E-state index is 0.150. The van der Waals surface area contributed by atoms with Gasteiger partial charge in [0.05, 0.1) is 17.7 Å². The van der Waals surface area contributed by atoms with Crippen LogP contribution >= 0.6 is 0 Å². The molecule has 0 atom stereocenters. The van der Waals surface area contributed by atoms with E-state index in [9.17, 15) is 26.3 Å². The van der Waals surface area contributed by atoms with Gasteiger partial charge in [0, 0.05) is 5.56 Å². The summed E-state index contributed by atoms with van der Waals surface area (Å²) in [6, 6.07) is 6.43. The largest absolute Gasteiger partial charge is 0.493 e. The van der Waals surface area contributed by atoms with E-state index < -0.39 is 23.5 Å². The summed E-state index contributed by atoms with van der Waals surface area (Å²) < 4.78 is 83.8. The summed E-state index contributed by atoms with van der Waals surface area (Å²) in [5, 5.41) is 0. The molecule has 2 aromatic carbocycles. The molecule has 0 unspecified atom stereocenters. The minimum Gasteiger partial charge on any atom is -0.493 e. The molecule has 0 N–H and O–H groups in total. The lowest BCUT2D eigenvalue weighted by Gasteiger charge is -2.22. The van der Waals surface area contributed by atoms with E-state index in [4.69, 9.17) is 4.74 Å². The zero-order valence-electron chi connectivity index (χ0n) is 12.3. The monoisotopic (exact) mass is 346 g/mol. The van der Waals surface area contributed by atoms with Gasteiger partial charge < -0.3 is 4.74 Å². The Morgan fingerprint density at radius 3 is 2.25 bits per heavy atom. The highest BCUT2D eigenvalue weighted by molar-refractivity contribution is 5.76. The summed E-state index contributed by atoms with van der Waals surface area (Å²) in [6.45, 7) is 0.367. The molecule has 1 aliphatic heterocycles. The number of benzene rings is 2. The van der Waals surface area contributed by atoms with E-state index in [0.29, 0.717) is 24.8 Å². The van der Waals surface area contributed by atoms with Gasteiger partial charge in [0.15, 0.2) is 0 Å². The lowest BCUT2D eigenvalue weighted by molar-refractivity contribution is -0.142. The molecule has 1 heterocycles. The molecular formula is C17H12F6O. The number of alkyl halides is 6. The smallest absolute Gasteiger partial charge is 0.417 e. The zero-order valence-corrected chi connectivity index (χ0v) is 12.3. The summed E-state index contributed by atoms with van der Waals surface area (Å²) in [7, 11) is 0. The van der Waals surface area contributed by atoms with Crippen LogP contribution in [0.1, 0.15) is 23.1 Å². The number of rotatable bonds is 1. The summed E-state index contributed by atoms with van der Waals surface area (Å²) in [5.74, 6) is 0.314. The standard InChI is InChI=1S/C17H12F6O/c18-16(19,20)11-6-7-12(14(9-11)17(21,22)23)13-5-1-3-10-4-2-8-24-15(10)13/h1,3,5-7,9H,2,4,8H2. The fraction of sp³-hybridized carbons (Fsp3) is 0.294. The molecule has 0 saturated carbocycles. The first-order valence-electron chi connectivity index (χ1n) is 7.21. The van der Waals surface area contributed by atoms with Crippen LogP contribution < -0.4 is 4.74 Å². The van der Waals surface area contributed by atoms with E-state index in [1.807, 2.05) is 0 Å². The van der Waals surface area contributed by atoms with Crippen molar-refractivity contribution in [3.63, 3.8) is 0 Å². The third-order valence-electron chi connectivity index (χ3n) is 3.88. The third kappa shape index (κ3) is 3.07. The molecule has 3 rings (SSSR count). The predicted molar refractivity (Wildman–Crippen MR) is 75.7 cm³/mol. The van der Waals surface area contributed by atoms with Gasteiger partial charge in [0.25, 0.3) is 0 Å². The highest BCUT2D eigenvalue weighted by Gasteiger charge is 2.39. The van der Waals surface area contributed by atoms with Crippen LogP contribution in [-0.2, 0) is 18.8 Å². The molecule has 0 aromatic heterocycles. The maximum absolute atomic E-state index is 13.3. The topological polar surface area (TPSA) is 9.23 Å². The van der Waals surface area contributed by atoms with Gasteiger partial charge in [0.1, 0.15) is 5.75 Å². The molecule has 1 nitrogen and oxygen atoms in total. The van der Waals surface area contributed by atoms with Gasteiger partial charge in [-0.25, -0.2) is 0 Å². The van der Waals surface area contributed by atoms with Crippen LogP contribution in [0.15, 0.2) is 36.4 Å². The molecule has 0 saturated heterocycles. The lowest BCUT2D eigenvalue weighted by atomic mass is 9.93. The summed E-state index contributed by atoms with van der Waals surface area (Å²) in [6.07, 6.45) is -8.35. The minimum atomic E-state index is -4.91. The van der Waals surface area contributed by atoms with Crippen molar-refractivity contribution in [2.24, 2.45) is 0 Å². The first-order valence-corrected chi connectivity index (χ1v) is 7.21. The Balaban J connectivity index is 2.22. The van der Waals surface area contributed by atoms with Gasteiger partial charge in [-0.15, -0.1) is 0 Å². The molecule has 0 aliphatic carbocycles. The maximum Gasteiger partial charge on any atom is 0.417 e. The van der Waals surface area contributed by atoms with E-state index in [1.54, 1.807) is 12.1 Å². The Hall–Kier alpha value is -2.18. The van der Waals surface area contributed by atoms with Crippen LogP contribution in [0.3, 0.4) is 0 Å².